The first-order chi connectivity index (χ1) is 74.4. The van der Waals surface area contributed by atoms with Gasteiger partial charge in [0.1, 0.15) is 0 Å². The van der Waals surface area contributed by atoms with Crippen molar-refractivity contribution in [2.24, 2.45) is 0 Å². The molecule has 150 heavy (non-hydrogen) atoms. The summed E-state index contributed by atoms with van der Waals surface area (Å²) in [5.41, 5.74) is 39.7. The van der Waals surface area contributed by atoms with E-state index in [-0.39, 0.29) is 0 Å². The van der Waals surface area contributed by atoms with Gasteiger partial charge in [-0.3, -0.25) is 0 Å². The first kappa shape index (κ1) is 83.5. The van der Waals surface area contributed by atoms with Crippen molar-refractivity contribution in [1.82, 2.24) is 27.4 Å². The third-order valence-electron chi connectivity index (χ3n) is 32.6. The lowest BCUT2D eigenvalue weighted by atomic mass is 9.96. The minimum Gasteiger partial charge on any atom is -0.309 e. The van der Waals surface area contributed by atoms with Gasteiger partial charge in [-0.15, -0.1) is 0 Å². The highest BCUT2D eigenvalue weighted by Gasteiger charge is 2.30. The van der Waals surface area contributed by atoms with Crippen LogP contribution < -0.4 is 0 Å². The van der Waals surface area contributed by atoms with Crippen molar-refractivity contribution in [3.05, 3.63) is 534 Å². The Hall–Kier alpha value is -19.9. The highest BCUT2D eigenvalue weighted by Crippen LogP contribution is 2.54. The largest absolute Gasteiger partial charge is 0.309 e. The fourth-order valence-electron chi connectivity index (χ4n) is 26.0. The van der Waals surface area contributed by atoms with Gasteiger partial charge in [0, 0.05) is 97.9 Å². The van der Waals surface area contributed by atoms with Crippen LogP contribution in [0.5, 0.6) is 0 Å². The normalized spacial score (nSPS) is 12.1. The number of aromatic nitrogens is 6. The second-order valence-electron chi connectivity index (χ2n) is 40.3. The van der Waals surface area contributed by atoms with Crippen molar-refractivity contribution in [1.29, 1.82) is 0 Å². The van der Waals surface area contributed by atoms with Crippen LogP contribution in [0.2, 0.25) is 0 Å². The smallest absolute Gasteiger partial charge is 0.0546 e. The molecule has 0 bridgehead atoms. The summed E-state index contributed by atoms with van der Waals surface area (Å²) < 4.78 is 14.6. The van der Waals surface area contributed by atoms with Crippen molar-refractivity contribution in [3.8, 4) is 112 Å². The van der Waals surface area contributed by atoms with Gasteiger partial charge in [0.05, 0.1) is 83.3 Å². The monoisotopic (exact) mass is 1900 g/mol. The van der Waals surface area contributed by atoms with Crippen LogP contribution in [0.15, 0.2) is 534 Å². The van der Waals surface area contributed by atoms with E-state index in [1.165, 1.54) is 307 Å². The fraction of sp³-hybridized carbons (Fsp3) is 0. The molecule has 2 aliphatic rings. The van der Waals surface area contributed by atoms with Gasteiger partial charge in [0.25, 0.3) is 0 Å². The molecule has 6 heterocycles. The maximum Gasteiger partial charge on any atom is 0.0546 e. The zero-order valence-corrected chi connectivity index (χ0v) is 81.5. The number of nitrogens with zero attached hydrogens (tertiary/aromatic N) is 6. The van der Waals surface area contributed by atoms with Crippen molar-refractivity contribution in [2.75, 3.05) is 0 Å². The minimum atomic E-state index is 1.18. The van der Waals surface area contributed by atoms with Crippen molar-refractivity contribution in [3.63, 3.8) is 0 Å². The molecule has 0 atom stereocenters. The Morgan fingerprint density at radius 2 is 0.373 bits per heavy atom. The Kier molecular flexibility index (Phi) is 18.3. The number of rotatable bonds is 9. The van der Waals surface area contributed by atoms with Crippen LogP contribution in [0.25, 0.3) is 307 Å². The van der Waals surface area contributed by atoms with E-state index in [2.05, 4.69) is 561 Å². The summed E-state index contributed by atoms with van der Waals surface area (Å²) in [6.07, 6.45) is 0. The molecule has 0 unspecified atom stereocenters. The molecule has 6 heteroatoms. The number of hydrogen-bond acceptors (Lipinski definition) is 0. The Bertz CT molecular complexity index is 11400. The van der Waals surface area contributed by atoms with Crippen LogP contribution >= 0.6 is 0 Å². The van der Waals surface area contributed by atoms with E-state index in [4.69, 9.17) is 0 Å². The van der Waals surface area contributed by atoms with Crippen LogP contribution in [0, 0.1) is 0 Å². The summed E-state index contributed by atoms with van der Waals surface area (Å²) in [4.78, 5) is 0. The minimum absolute atomic E-state index is 1.18. The molecule has 6 nitrogen and oxygen atoms in total. The third-order valence-corrected chi connectivity index (χ3v) is 32.6. The van der Waals surface area contributed by atoms with Crippen molar-refractivity contribution >= 4 is 195 Å². The van der Waals surface area contributed by atoms with Crippen molar-refractivity contribution in [2.45, 2.75) is 0 Å². The summed E-state index contributed by atoms with van der Waals surface area (Å²) in [6.45, 7) is 0. The predicted octanol–water partition coefficient (Wildman–Crippen LogP) is 38.9. The van der Waals surface area contributed by atoms with E-state index in [1.807, 2.05) is 0 Å². The van der Waals surface area contributed by atoms with Gasteiger partial charge in [0.2, 0.25) is 0 Å². The summed E-state index contributed by atoms with van der Waals surface area (Å²) in [5, 5.41) is 30.7. The molecule has 26 aromatic carbocycles. The molecular weight excluding hydrogens is 1810 g/mol. The van der Waals surface area contributed by atoms with Crippen LogP contribution in [-0.4, -0.2) is 27.4 Å². The summed E-state index contributed by atoms with van der Waals surface area (Å²) in [6, 6.07) is 196. The third kappa shape index (κ3) is 12.5. The molecule has 0 N–H and O–H groups in total. The van der Waals surface area contributed by atoms with E-state index in [0.29, 0.717) is 0 Å². The predicted molar refractivity (Wildman–Crippen MR) is 636 cm³/mol. The maximum atomic E-state index is 2.47. The van der Waals surface area contributed by atoms with Gasteiger partial charge >= 0.3 is 0 Å². The van der Waals surface area contributed by atoms with E-state index >= 15 is 0 Å². The van der Waals surface area contributed by atoms with Gasteiger partial charge in [-0.05, 0) is 296 Å². The van der Waals surface area contributed by atoms with Gasteiger partial charge < -0.3 is 27.4 Å². The lowest BCUT2D eigenvalue weighted by molar-refractivity contribution is 1.18. The SMILES string of the molecule is c1ccc(-n2c3ccccc3c3cc(-c4ccc5c(c4)c4ccccc4n5-c4cc5ccccc5c5ccccc45)ccc32)cc1.c1ccc(-n2c3ccccc3c3cc(-c4ccc5c(c4)c4ccccc4n5-c4ccc5c(c4)-c4cc6ccccc6c6cccc-5c46)ccc32)cc1.c1ccc2c(c1)-c1cccc3c(-n4c5ccccc5c5cc(-c6ccc7c(c6)c6ccccc6n7-c6cccc7ccccc67)ccc54)ccc-2c13. The number of para-hydroxylation sites is 8. The van der Waals surface area contributed by atoms with Crippen LogP contribution in [0.3, 0.4) is 0 Å². The fourth-order valence-corrected chi connectivity index (χ4v) is 26.0. The highest BCUT2D eigenvalue weighted by molar-refractivity contribution is 6.26. The number of benzene rings is 26. The average molecular weight is 1900 g/mol. The molecule has 0 aliphatic heterocycles. The quantitative estimate of drug-likeness (QED) is 0.129. The molecule has 2 aliphatic carbocycles. The molecule has 0 saturated carbocycles. The van der Waals surface area contributed by atoms with Crippen LogP contribution in [0.1, 0.15) is 0 Å². The topological polar surface area (TPSA) is 29.6 Å². The van der Waals surface area contributed by atoms with E-state index in [0.717, 1.165) is 0 Å². The lowest BCUT2D eigenvalue weighted by Gasteiger charge is -2.14. The number of hydrogen-bond donors (Lipinski definition) is 0. The second-order valence-corrected chi connectivity index (χ2v) is 40.3. The molecule has 0 fully saturated rings. The van der Waals surface area contributed by atoms with Crippen LogP contribution in [0.4, 0.5) is 0 Å². The Balaban J connectivity index is 0.0000000995. The molecule has 34 rings (SSSR count). The van der Waals surface area contributed by atoms with Crippen LogP contribution in [-0.2, 0) is 0 Å². The average Bonchev–Trinajstić information content (AvgIpc) is 1.56. The first-order valence-corrected chi connectivity index (χ1v) is 51.9. The van der Waals surface area contributed by atoms with E-state index in [1.54, 1.807) is 0 Å². The van der Waals surface area contributed by atoms with Gasteiger partial charge in [-0.2, -0.15) is 0 Å². The Labute approximate surface area is 862 Å². The Morgan fingerprint density at radius 3 is 0.820 bits per heavy atom. The highest BCUT2D eigenvalue weighted by atomic mass is 15.0. The standard InChI is InChI=1S/2C50H30N2.C44H28N2/c1-2-13-34-31(11-1)12-9-22-44(34)51-45-20-7-5-16-37(45)42-29-32(23-26-48(42)51)33-24-27-49-43(30-33)38-17-6-8-21-46(38)52(49)47-28-25-40-36-15-4-3-14-35(36)39-18-10-19-41(47)50(39)40;1-2-12-34(13-3-1)51-46-19-8-6-15-38(46)43-27-31(21-25-48(43)51)32-22-26-49-44(28-32)39-16-7-9-20-47(39)52(49)35-23-24-37-41-18-10-17-40-36-14-5-4-11-33(36)29-45(50(40)41)42(37)30-35;1-2-13-32(14-3-1)45-40-20-10-8-18-36(40)38-26-29(22-24-42(38)45)30-23-25-43-39(27-30)37-19-9-11-21-41(37)46(43)44-28-31-12-4-5-15-33(31)34-16-6-7-17-35(34)44/h2*1-30H;1-28H. The first-order valence-electron chi connectivity index (χ1n) is 51.9. The summed E-state index contributed by atoms with van der Waals surface area (Å²) >= 11 is 0. The summed E-state index contributed by atoms with van der Waals surface area (Å²) in [7, 11) is 0. The molecule has 0 radical (unpaired) electrons. The molecule has 0 amide bonds. The molecule has 694 valence electrons. The van der Waals surface area contributed by atoms with E-state index in [9.17, 15) is 0 Å². The lowest BCUT2D eigenvalue weighted by Crippen LogP contribution is -1.96. The zero-order valence-electron chi connectivity index (χ0n) is 81.5. The van der Waals surface area contributed by atoms with Gasteiger partial charge in [-0.25, -0.2) is 0 Å². The molecule has 0 saturated heterocycles. The summed E-state index contributed by atoms with van der Waals surface area (Å²) in [5.74, 6) is 0. The molecule has 6 aromatic heterocycles. The van der Waals surface area contributed by atoms with E-state index < -0.39 is 0 Å². The van der Waals surface area contributed by atoms with Gasteiger partial charge in [0.15, 0.2) is 0 Å². The number of fused-ring (bicyclic) bond motifs is 30. The van der Waals surface area contributed by atoms with Gasteiger partial charge in [-0.1, -0.05) is 364 Å². The molecule has 0 spiro atoms. The van der Waals surface area contributed by atoms with Crippen molar-refractivity contribution < 1.29 is 0 Å². The maximum absolute atomic E-state index is 2.47. The zero-order chi connectivity index (χ0) is 98.0. The Morgan fingerprint density at radius 1 is 0.100 bits per heavy atom. The molecule has 32 aromatic rings. The second kappa shape index (κ2) is 32.8. The molecular formula is C144H88N6.